The SMILES string of the molecule is Cc1cc(C(=O)N2c3ccccc3CC2C)c2cc(F)ccc2n1. The number of fused-ring (bicyclic) bond motifs is 2. The zero-order valence-corrected chi connectivity index (χ0v) is 13.6. The molecular weight excluding hydrogens is 303 g/mol. The van der Waals surface area contributed by atoms with Gasteiger partial charge in [0.2, 0.25) is 0 Å². The Hall–Kier alpha value is -2.75. The molecule has 3 aromatic rings. The van der Waals surface area contributed by atoms with E-state index in [1.54, 1.807) is 12.1 Å². The molecule has 0 radical (unpaired) electrons. The van der Waals surface area contributed by atoms with E-state index in [0.29, 0.717) is 16.5 Å². The van der Waals surface area contributed by atoms with Gasteiger partial charge in [-0.2, -0.15) is 0 Å². The van der Waals surface area contributed by atoms with E-state index in [-0.39, 0.29) is 17.8 Å². The van der Waals surface area contributed by atoms with Crippen molar-refractivity contribution >= 4 is 22.5 Å². The lowest BCUT2D eigenvalue weighted by molar-refractivity contribution is 0.0983. The van der Waals surface area contributed by atoms with Crippen LogP contribution in [0.4, 0.5) is 10.1 Å². The fourth-order valence-electron chi connectivity index (χ4n) is 3.51. The van der Waals surface area contributed by atoms with Gasteiger partial charge >= 0.3 is 0 Å². The molecule has 4 rings (SSSR count). The van der Waals surface area contributed by atoms with Crippen LogP contribution in [0.3, 0.4) is 0 Å². The Morgan fingerprint density at radius 2 is 2.00 bits per heavy atom. The van der Waals surface area contributed by atoms with Crippen LogP contribution in [0, 0.1) is 12.7 Å². The minimum absolute atomic E-state index is 0.0759. The molecule has 1 unspecified atom stereocenters. The molecule has 0 spiro atoms. The van der Waals surface area contributed by atoms with Gasteiger partial charge in [-0.3, -0.25) is 9.78 Å². The van der Waals surface area contributed by atoms with Crippen molar-refractivity contribution in [3.8, 4) is 0 Å². The second-order valence-corrected chi connectivity index (χ2v) is 6.33. The Labute approximate surface area is 139 Å². The second kappa shape index (κ2) is 5.41. The summed E-state index contributed by atoms with van der Waals surface area (Å²) in [6, 6.07) is 14.1. The Morgan fingerprint density at radius 1 is 1.21 bits per heavy atom. The van der Waals surface area contributed by atoms with Crippen molar-refractivity contribution in [3.05, 3.63) is 71.2 Å². The molecule has 24 heavy (non-hydrogen) atoms. The quantitative estimate of drug-likeness (QED) is 0.671. The highest BCUT2D eigenvalue weighted by Crippen LogP contribution is 2.34. The first-order valence-electron chi connectivity index (χ1n) is 8.03. The minimum Gasteiger partial charge on any atom is -0.305 e. The number of benzene rings is 2. The fraction of sp³-hybridized carbons (Fsp3) is 0.200. The fourth-order valence-corrected chi connectivity index (χ4v) is 3.51. The molecule has 0 bridgehead atoms. The van der Waals surface area contributed by atoms with E-state index in [0.717, 1.165) is 17.8 Å². The highest BCUT2D eigenvalue weighted by Gasteiger charge is 2.32. The summed E-state index contributed by atoms with van der Waals surface area (Å²) in [4.78, 5) is 19.5. The van der Waals surface area contributed by atoms with Gasteiger partial charge in [-0.1, -0.05) is 18.2 Å². The predicted octanol–water partition coefficient (Wildman–Crippen LogP) is 4.27. The Morgan fingerprint density at radius 3 is 2.83 bits per heavy atom. The average molecular weight is 320 g/mol. The number of carbonyl (C=O) groups is 1. The molecule has 3 nitrogen and oxygen atoms in total. The number of hydrogen-bond acceptors (Lipinski definition) is 2. The molecule has 0 N–H and O–H groups in total. The summed E-state index contributed by atoms with van der Waals surface area (Å²) in [5.41, 5.74) is 3.99. The molecule has 0 saturated heterocycles. The summed E-state index contributed by atoms with van der Waals surface area (Å²) in [6.07, 6.45) is 0.832. The molecule has 0 aliphatic carbocycles. The van der Waals surface area contributed by atoms with Crippen LogP contribution < -0.4 is 4.90 Å². The summed E-state index contributed by atoms with van der Waals surface area (Å²) in [5.74, 6) is -0.467. The number of anilines is 1. The third-order valence-electron chi connectivity index (χ3n) is 4.56. The molecule has 120 valence electrons. The van der Waals surface area contributed by atoms with Crippen molar-refractivity contribution in [1.82, 2.24) is 4.98 Å². The zero-order chi connectivity index (χ0) is 16.8. The highest BCUT2D eigenvalue weighted by atomic mass is 19.1. The molecule has 1 atom stereocenters. The van der Waals surface area contributed by atoms with Gasteiger partial charge in [0.15, 0.2) is 0 Å². The first-order valence-corrected chi connectivity index (χ1v) is 8.03. The van der Waals surface area contributed by atoms with Crippen LogP contribution in [0.1, 0.15) is 28.5 Å². The summed E-state index contributed by atoms with van der Waals surface area (Å²) < 4.78 is 13.7. The first kappa shape index (κ1) is 14.8. The van der Waals surface area contributed by atoms with Gasteiger partial charge in [0.05, 0.1) is 11.1 Å². The standard InChI is InChI=1S/C20H17FN2O/c1-12-9-17(16-11-15(21)7-8-18(16)22-12)20(24)23-13(2)10-14-5-3-4-6-19(14)23/h3-9,11,13H,10H2,1-2H3. The topological polar surface area (TPSA) is 33.2 Å². The van der Waals surface area contributed by atoms with Gasteiger partial charge < -0.3 is 4.90 Å². The van der Waals surface area contributed by atoms with E-state index in [1.165, 1.54) is 17.7 Å². The first-order chi connectivity index (χ1) is 11.5. The lowest BCUT2D eigenvalue weighted by Gasteiger charge is -2.23. The van der Waals surface area contributed by atoms with E-state index >= 15 is 0 Å². The zero-order valence-electron chi connectivity index (χ0n) is 13.6. The average Bonchev–Trinajstić information content (AvgIpc) is 2.89. The van der Waals surface area contributed by atoms with Crippen LogP contribution >= 0.6 is 0 Å². The van der Waals surface area contributed by atoms with Gasteiger partial charge in [-0.05, 0) is 56.2 Å². The Balaban J connectivity index is 1.89. The summed E-state index contributed by atoms with van der Waals surface area (Å²) in [6.45, 7) is 3.88. The maximum Gasteiger partial charge on any atom is 0.259 e. The molecule has 0 fully saturated rings. The minimum atomic E-state index is -0.364. The molecule has 1 aliphatic heterocycles. The molecule has 1 aliphatic rings. The second-order valence-electron chi connectivity index (χ2n) is 6.33. The highest BCUT2D eigenvalue weighted by molar-refractivity contribution is 6.14. The molecule has 1 aromatic heterocycles. The van der Waals surface area contributed by atoms with Crippen molar-refractivity contribution in [2.45, 2.75) is 26.3 Å². The van der Waals surface area contributed by atoms with Crippen molar-refractivity contribution in [3.63, 3.8) is 0 Å². The summed E-state index contributed by atoms with van der Waals surface area (Å²) >= 11 is 0. The molecule has 1 amide bonds. The molecular formula is C20H17FN2O. The molecule has 2 heterocycles. The smallest absolute Gasteiger partial charge is 0.259 e. The number of para-hydroxylation sites is 1. The van der Waals surface area contributed by atoms with Crippen LogP contribution in [0.25, 0.3) is 10.9 Å². The van der Waals surface area contributed by atoms with E-state index in [9.17, 15) is 9.18 Å². The normalized spacial score (nSPS) is 16.5. The van der Waals surface area contributed by atoms with Gasteiger partial charge in [0.25, 0.3) is 5.91 Å². The van der Waals surface area contributed by atoms with Gasteiger partial charge in [-0.25, -0.2) is 4.39 Å². The van der Waals surface area contributed by atoms with E-state index < -0.39 is 0 Å². The molecule has 0 saturated carbocycles. The summed E-state index contributed by atoms with van der Waals surface area (Å²) in [5, 5.41) is 0.558. The monoisotopic (exact) mass is 320 g/mol. The van der Waals surface area contributed by atoms with Crippen LogP contribution in [-0.4, -0.2) is 16.9 Å². The predicted molar refractivity (Wildman–Crippen MR) is 92.9 cm³/mol. The van der Waals surface area contributed by atoms with Crippen LogP contribution in [0.5, 0.6) is 0 Å². The maximum absolute atomic E-state index is 13.7. The van der Waals surface area contributed by atoms with E-state index in [4.69, 9.17) is 0 Å². The number of nitrogens with zero attached hydrogens (tertiary/aromatic N) is 2. The lowest BCUT2D eigenvalue weighted by Crippen LogP contribution is -2.36. The van der Waals surface area contributed by atoms with Gasteiger partial charge in [-0.15, -0.1) is 0 Å². The van der Waals surface area contributed by atoms with Crippen LogP contribution in [0.15, 0.2) is 48.5 Å². The maximum atomic E-state index is 13.7. The van der Waals surface area contributed by atoms with Crippen molar-refractivity contribution in [2.24, 2.45) is 0 Å². The number of aryl methyl sites for hydroxylation is 1. The molecule has 4 heteroatoms. The lowest BCUT2D eigenvalue weighted by atomic mass is 10.1. The number of aromatic nitrogens is 1. The number of pyridine rings is 1. The Bertz CT molecular complexity index is 967. The third kappa shape index (κ3) is 2.26. The third-order valence-corrected chi connectivity index (χ3v) is 4.56. The molecule has 2 aromatic carbocycles. The van der Waals surface area contributed by atoms with Crippen molar-refractivity contribution in [1.29, 1.82) is 0 Å². The number of amides is 1. The number of carbonyl (C=O) groups excluding carboxylic acids is 1. The van der Waals surface area contributed by atoms with E-state index in [1.807, 2.05) is 36.9 Å². The Kier molecular flexibility index (Phi) is 3.34. The van der Waals surface area contributed by atoms with Gasteiger partial charge in [0, 0.05) is 22.8 Å². The van der Waals surface area contributed by atoms with Crippen molar-refractivity contribution < 1.29 is 9.18 Å². The van der Waals surface area contributed by atoms with Crippen LogP contribution in [0.2, 0.25) is 0 Å². The number of halogens is 1. The van der Waals surface area contributed by atoms with Gasteiger partial charge in [0.1, 0.15) is 5.82 Å². The number of hydrogen-bond donors (Lipinski definition) is 0. The van der Waals surface area contributed by atoms with E-state index in [2.05, 4.69) is 11.1 Å². The summed E-state index contributed by atoms with van der Waals surface area (Å²) in [7, 11) is 0. The largest absolute Gasteiger partial charge is 0.305 e. The van der Waals surface area contributed by atoms with Crippen molar-refractivity contribution in [2.75, 3.05) is 4.90 Å². The number of rotatable bonds is 1. The van der Waals surface area contributed by atoms with Crippen LogP contribution in [-0.2, 0) is 6.42 Å².